The van der Waals surface area contributed by atoms with Crippen molar-refractivity contribution in [3.63, 3.8) is 0 Å². The minimum Gasteiger partial charge on any atom is -0.469 e. The van der Waals surface area contributed by atoms with E-state index in [0.717, 1.165) is 28.9 Å². The van der Waals surface area contributed by atoms with E-state index in [1.54, 1.807) is 7.11 Å². The Bertz CT molecular complexity index is 540. The van der Waals surface area contributed by atoms with Gasteiger partial charge in [-0.25, -0.2) is 0 Å². The van der Waals surface area contributed by atoms with Gasteiger partial charge in [-0.05, 0) is 41.4 Å². The first-order chi connectivity index (χ1) is 9.62. The number of ether oxygens (including phenoxy) is 2. The Balaban J connectivity index is 1.79. The van der Waals surface area contributed by atoms with Gasteiger partial charge in [-0.1, -0.05) is 0 Å². The Kier molecular flexibility index (Phi) is 3.70. The third-order valence-corrected chi connectivity index (χ3v) is 4.74. The summed E-state index contributed by atoms with van der Waals surface area (Å²) in [4.78, 5) is 22.6. The molecule has 2 aliphatic rings. The highest BCUT2D eigenvalue weighted by Crippen LogP contribution is 2.44. The molecule has 3 atom stereocenters. The van der Waals surface area contributed by atoms with Crippen molar-refractivity contribution in [2.75, 3.05) is 25.7 Å². The lowest BCUT2D eigenvalue weighted by Gasteiger charge is -2.31. The molecule has 1 aromatic rings. The lowest BCUT2D eigenvalue weighted by Crippen LogP contribution is -2.38. The van der Waals surface area contributed by atoms with Crippen molar-refractivity contribution in [3.05, 3.63) is 9.77 Å². The Morgan fingerprint density at radius 3 is 2.80 bits per heavy atom. The molecule has 1 saturated heterocycles. The number of nitrogens with zero attached hydrogens (tertiary/aromatic N) is 3. The van der Waals surface area contributed by atoms with Crippen LogP contribution in [0.2, 0.25) is 0 Å². The second-order valence-corrected chi connectivity index (χ2v) is 6.31. The molecule has 3 rings (SSSR count). The molecule has 1 aliphatic heterocycles. The number of piperidine rings is 1. The van der Waals surface area contributed by atoms with Crippen molar-refractivity contribution in [3.8, 4) is 6.01 Å². The molecule has 20 heavy (non-hydrogen) atoms. The molecule has 0 amide bonds. The van der Waals surface area contributed by atoms with Crippen molar-refractivity contribution in [2.45, 2.75) is 18.9 Å². The van der Waals surface area contributed by atoms with Gasteiger partial charge in [-0.15, -0.1) is 0 Å². The van der Waals surface area contributed by atoms with E-state index in [0.29, 0.717) is 18.0 Å². The molecular formula is C13H16IN3O3. The fourth-order valence-corrected chi connectivity index (χ4v) is 3.78. The summed E-state index contributed by atoms with van der Waals surface area (Å²) in [5.74, 6) is 1.22. The molecule has 1 saturated carbocycles. The first kappa shape index (κ1) is 13.8. The molecule has 1 aliphatic carbocycles. The lowest BCUT2D eigenvalue weighted by atomic mass is 9.95. The van der Waals surface area contributed by atoms with Crippen molar-refractivity contribution in [1.29, 1.82) is 0 Å². The molecule has 0 spiro atoms. The maximum atomic E-state index is 11.7. The summed E-state index contributed by atoms with van der Waals surface area (Å²) in [6, 6.07) is 2.70. The SMILES string of the molecule is COC(=O)[C@@H]1CC2CC1CN2c1cc(I)nc(OC)n1. The van der Waals surface area contributed by atoms with E-state index in [1.807, 2.05) is 6.07 Å². The largest absolute Gasteiger partial charge is 0.469 e. The zero-order valence-electron chi connectivity index (χ0n) is 11.4. The van der Waals surface area contributed by atoms with Crippen LogP contribution in [0.25, 0.3) is 0 Å². The number of aromatic nitrogens is 2. The van der Waals surface area contributed by atoms with E-state index in [1.165, 1.54) is 7.11 Å². The van der Waals surface area contributed by atoms with E-state index >= 15 is 0 Å². The van der Waals surface area contributed by atoms with Gasteiger partial charge in [0, 0.05) is 18.7 Å². The minimum atomic E-state index is -0.0769. The molecule has 1 aromatic heterocycles. The Morgan fingerprint density at radius 1 is 1.40 bits per heavy atom. The van der Waals surface area contributed by atoms with Crippen LogP contribution in [0.1, 0.15) is 12.8 Å². The first-order valence-electron chi connectivity index (χ1n) is 6.55. The Morgan fingerprint density at radius 2 is 2.20 bits per heavy atom. The number of carbonyl (C=O) groups is 1. The van der Waals surface area contributed by atoms with E-state index in [-0.39, 0.29) is 11.9 Å². The summed E-state index contributed by atoms with van der Waals surface area (Å²) < 4.78 is 10.9. The van der Waals surface area contributed by atoms with E-state index < -0.39 is 0 Å². The van der Waals surface area contributed by atoms with Gasteiger partial charge in [-0.2, -0.15) is 9.97 Å². The van der Waals surface area contributed by atoms with Crippen molar-refractivity contribution < 1.29 is 14.3 Å². The zero-order chi connectivity index (χ0) is 14.3. The minimum absolute atomic E-state index is 0.0454. The van der Waals surface area contributed by atoms with Gasteiger partial charge in [0.2, 0.25) is 0 Å². The van der Waals surface area contributed by atoms with Crippen molar-refractivity contribution in [1.82, 2.24) is 9.97 Å². The highest BCUT2D eigenvalue weighted by Gasteiger charge is 2.48. The summed E-state index contributed by atoms with van der Waals surface area (Å²) in [5, 5.41) is 0. The average molecular weight is 389 g/mol. The molecule has 2 bridgehead atoms. The normalized spacial score (nSPS) is 27.8. The van der Waals surface area contributed by atoms with E-state index in [4.69, 9.17) is 9.47 Å². The van der Waals surface area contributed by atoms with Crippen molar-refractivity contribution in [2.24, 2.45) is 11.8 Å². The maximum absolute atomic E-state index is 11.7. The molecule has 2 fully saturated rings. The van der Waals surface area contributed by atoms with Gasteiger partial charge < -0.3 is 14.4 Å². The standard InChI is InChI=1S/C13H16IN3O3/c1-19-12(18)9-4-8-3-7(9)6-17(8)11-5-10(14)15-13(16-11)20-2/h5,7-9H,3-4,6H2,1-2H3/t7?,8?,9-/m1/s1. The maximum Gasteiger partial charge on any atom is 0.319 e. The van der Waals surface area contributed by atoms with Gasteiger partial charge in [0.1, 0.15) is 9.52 Å². The Hall–Kier alpha value is -1.12. The summed E-state index contributed by atoms with van der Waals surface area (Å²) in [6.45, 7) is 0.848. The van der Waals surface area contributed by atoms with Crippen LogP contribution in [0, 0.1) is 15.5 Å². The number of hydrogen-bond acceptors (Lipinski definition) is 6. The summed E-state index contributed by atoms with van der Waals surface area (Å²) in [6.07, 6.45) is 1.88. The third-order valence-electron chi connectivity index (χ3n) is 4.18. The number of methoxy groups -OCH3 is 2. The quantitative estimate of drug-likeness (QED) is 0.444. The lowest BCUT2D eigenvalue weighted by molar-refractivity contribution is -0.146. The number of halogens is 1. The molecule has 6 nitrogen and oxygen atoms in total. The predicted octanol–water partition coefficient (Wildman–Crippen LogP) is 1.48. The fraction of sp³-hybridized carbons (Fsp3) is 0.615. The second-order valence-electron chi connectivity index (χ2n) is 5.20. The molecular weight excluding hydrogens is 373 g/mol. The Labute approximate surface area is 131 Å². The summed E-state index contributed by atoms with van der Waals surface area (Å²) in [7, 11) is 3.03. The average Bonchev–Trinajstić information content (AvgIpc) is 3.05. The number of fused-ring (bicyclic) bond motifs is 2. The first-order valence-corrected chi connectivity index (χ1v) is 7.63. The number of hydrogen-bond donors (Lipinski definition) is 0. The van der Waals surface area contributed by atoms with Crippen LogP contribution in [0.3, 0.4) is 0 Å². The predicted molar refractivity (Wildman–Crippen MR) is 80.7 cm³/mol. The van der Waals surface area contributed by atoms with Crippen LogP contribution in [-0.2, 0) is 9.53 Å². The molecule has 108 valence electrons. The summed E-state index contributed by atoms with van der Waals surface area (Å²) >= 11 is 2.16. The van der Waals surface area contributed by atoms with E-state index in [2.05, 4.69) is 37.5 Å². The van der Waals surface area contributed by atoms with Crippen LogP contribution in [-0.4, -0.2) is 42.7 Å². The van der Waals surface area contributed by atoms with Gasteiger partial charge in [0.15, 0.2) is 0 Å². The molecule has 0 aromatic carbocycles. The smallest absolute Gasteiger partial charge is 0.319 e. The second kappa shape index (κ2) is 5.34. The van der Waals surface area contributed by atoms with Crippen LogP contribution in [0.15, 0.2) is 6.07 Å². The number of anilines is 1. The number of rotatable bonds is 3. The molecule has 0 N–H and O–H groups in total. The fourth-order valence-electron chi connectivity index (χ4n) is 3.30. The highest BCUT2D eigenvalue weighted by molar-refractivity contribution is 14.1. The topological polar surface area (TPSA) is 64.5 Å². The van der Waals surface area contributed by atoms with Gasteiger partial charge in [0.25, 0.3) is 0 Å². The van der Waals surface area contributed by atoms with Crippen LogP contribution >= 0.6 is 22.6 Å². The molecule has 2 unspecified atom stereocenters. The van der Waals surface area contributed by atoms with Gasteiger partial charge >= 0.3 is 12.0 Å². The van der Waals surface area contributed by atoms with Crippen LogP contribution < -0.4 is 9.64 Å². The third kappa shape index (κ3) is 2.32. The van der Waals surface area contributed by atoms with Crippen LogP contribution in [0.4, 0.5) is 5.82 Å². The molecule has 0 radical (unpaired) electrons. The number of esters is 1. The highest BCUT2D eigenvalue weighted by atomic mass is 127. The monoisotopic (exact) mass is 389 g/mol. The van der Waals surface area contributed by atoms with Gasteiger partial charge in [0.05, 0.1) is 20.1 Å². The molecule has 2 heterocycles. The van der Waals surface area contributed by atoms with Crippen LogP contribution in [0.5, 0.6) is 6.01 Å². The number of carbonyl (C=O) groups excluding carboxylic acids is 1. The van der Waals surface area contributed by atoms with Crippen molar-refractivity contribution >= 4 is 34.4 Å². The zero-order valence-corrected chi connectivity index (χ0v) is 13.5. The molecule has 7 heteroatoms. The van der Waals surface area contributed by atoms with Gasteiger partial charge in [-0.3, -0.25) is 4.79 Å². The summed E-state index contributed by atoms with van der Waals surface area (Å²) in [5.41, 5.74) is 0. The van der Waals surface area contributed by atoms with E-state index in [9.17, 15) is 4.79 Å².